The van der Waals surface area contributed by atoms with Crippen molar-refractivity contribution in [1.82, 2.24) is 5.32 Å². The van der Waals surface area contributed by atoms with Crippen molar-refractivity contribution in [2.24, 2.45) is 0 Å². The van der Waals surface area contributed by atoms with E-state index in [0.29, 0.717) is 6.07 Å². The number of carbonyl (C=O) groups excluding carboxylic acids is 1. The highest BCUT2D eigenvalue weighted by molar-refractivity contribution is 5.85. The summed E-state index contributed by atoms with van der Waals surface area (Å²) < 4.78 is 110. The van der Waals surface area contributed by atoms with Gasteiger partial charge in [0.2, 0.25) is 0 Å². The Morgan fingerprint density at radius 1 is 0.778 bits per heavy atom. The van der Waals surface area contributed by atoms with Crippen molar-refractivity contribution in [2.75, 3.05) is 0 Å². The van der Waals surface area contributed by atoms with Crippen LogP contribution in [0.4, 0.5) is 35.1 Å². The predicted octanol–water partition coefficient (Wildman–Crippen LogP) is 4.83. The molecule has 36 heavy (non-hydrogen) atoms. The molecule has 0 fully saturated rings. The first-order valence-electron chi connectivity index (χ1n) is 10.1. The number of aliphatic hydroxyl groups is 2. The molecule has 0 saturated heterocycles. The molecule has 0 spiro atoms. The lowest BCUT2D eigenvalue weighted by molar-refractivity contribution is -0.329. The van der Waals surface area contributed by atoms with Gasteiger partial charge < -0.3 is 15.5 Å². The van der Waals surface area contributed by atoms with E-state index in [0.717, 1.165) is 36.4 Å². The molecule has 1 atom stereocenters. The number of amides is 1. The molecule has 3 N–H and O–H groups in total. The van der Waals surface area contributed by atoms with Gasteiger partial charge in [0, 0.05) is 6.42 Å². The van der Waals surface area contributed by atoms with Gasteiger partial charge in [-0.3, -0.25) is 4.79 Å². The molecule has 1 amide bonds. The first kappa shape index (κ1) is 27.1. The van der Waals surface area contributed by atoms with Crippen LogP contribution >= 0.6 is 0 Å². The number of alkyl halides is 6. The fourth-order valence-electron chi connectivity index (χ4n) is 3.75. The number of halogens is 8. The van der Waals surface area contributed by atoms with E-state index in [9.17, 15) is 50.1 Å². The van der Waals surface area contributed by atoms with E-state index in [1.807, 2.05) is 0 Å². The Labute approximate surface area is 198 Å². The van der Waals surface area contributed by atoms with Crippen molar-refractivity contribution in [3.63, 3.8) is 0 Å². The maximum atomic E-state index is 14.6. The van der Waals surface area contributed by atoms with E-state index in [4.69, 9.17) is 0 Å². The monoisotopic (exact) mass is 519 g/mol. The second-order valence-corrected chi connectivity index (χ2v) is 7.86. The minimum atomic E-state index is -5.95. The minimum absolute atomic E-state index is 0.160. The molecular weight excluding hydrogens is 502 g/mol. The van der Waals surface area contributed by atoms with Crippen LogP contribution in [-0.4, -0.2) is 28.1 Å². The summed E-state index contributed by atoms with van der Waals surface area (Å²) in [6.45, 7) is 0. The van der Waals surface area contributed by atoms with Gasteiger partial charge in [-0.15, -0.1) is 0 Å². The van der Waals surface area contributed by atoms with Gasteiger partial charge >= 0.3 is 18.1 Å². The van der Waals surface area contributed by atoms with Gasteiger partial charge in [0.15, 0.2) is 0 Å². The summed E-state index contributed by atoms with van der Waals surface area (Å²) in [4.78, 5) is 12.6. The third-order valence-electron chi connectivity index (χ3n) is 5.44. The lowest BCUT2D eigenvalue weighted by Crippen LogP contribution is -2.62. The molecule has 192 valence electrons. The van der Waals surface area contributed by atoms with Crippen LogP contribution in [0.3, 0.4) is 0 Å². The largest absolute Gasteiger partial charge is 0.453 e. The summed E-state index contributed by atoms with van der Waals surface area (Å²) in [5, 5.41) is 20.7. The lowest BCUT2D eigenvalue weighted by Gasteiger charge is -2.39. The summed E-state index contributed by atoms with van der Waals surface area (Å²) in [5.74, 6) is -10.2. The Kier molecular flexibility index (Phi) is 7.15. The van der Waals surface area contributed by atoms with Crippen molar-refractivity contribution >= 4 is 5.91 Å². The van der Waals surface area contributed by atoms with Gasteiger partial charge in [-0.2, -0.15) is 26.3 Å². The van der Waals surface area contributed by atoms with Crippen LogP contribution in [0, 0.1) is 11.6 Å². The molecule has 3 rings (SSSR count). The summed E-state index contributed by atoms with van der Waals surface area (Å²) in [6, 6.07) is 12.5. The standard InChI is InChI=1S/C24H17F8NO3/c25-16-11-9-15(10-12-16)21(13-14-5-2-1-3-6-14,33-20(34)22(35,36)24(30,31)32)17-7-4-8-18(26)19(17)23(27,28)29/h1-12,35-36H,13H2,(H,33,34)/t21-/m0/s1. The number of rotatable bonds is 6. The summed E-state index contributed by atoms with van der Waals surface area (Å²) >= 11 is 0. The molecule has 4 nitrogen and oxygen atoms in total. The van der Waals surface area contributed by atoms with E-state index in [-0.39, 0.29) is 5.56 Å². The second kappa shape index (κ2) is 9.51. The predicted molar refractivity (Wildman–Crippen MR) is 110 cm³/mol. The van der Waals surface area contributed by atoms with Crippen LogP contribution in [0.2, 0.25) is 0 Å². The molecule has 0 aliphatic heterocycles. The van der Waals surface area contributed by atoms with Crippen LogP contribution in [0.15, 0.2) is 72.8 Å². The van der Waals surface area contributed by atoms with E-state index >= 15 is 0 Å². The van der Waals surface area contributed by atoms with Crippen LogP contribution in [0.5, 0.6) is 0 Å². The average molecular weight is 519 g/mol. The smallest absolute Gasteiger partial charge is 0.351 e. The normalized spacial score (nSPS) is 14.3. The number of benzene rings is 3. The molecule has 0 unspecified atom stereocenters. The Morgan fingerprint density at radius 2 is 1.36 bits per heavy atom. The van der Waals surface area contributed by atoms with E-state index in [2.05, 4.69) is 0 Å². The Morgan fingerprint density at radius 3 is 1.89 bits per heavy atom. The summed E-state index contributed by atoms with van der Waals surface area (Å²) in [5.41, 5.74) is -5.87. The quantitative estimate of drug-likeness (QED) is 0.323. The van der Waals surface area contributed by atoms with Crippen molar-refractivity contribution in [3.05, 3.63) is 107 Å². The first-order valence-corrected chi connectivity index (χ1v) is 10.1. The molecule has 3 aromatic carbocycles. The SMILES string of the molecule is O=C(N[C@@](Cc1ccccc1)(c1ccc(F)cc1)c1cccc(F)c1C(F)(F)F)C(O)(O)C(F)(F)F. The zero-order valence-corrected chi connectivity index (χ0v) is 18.0. The minimum Gasteiger partial charge on any atom is -0.351 e. The van der Waals surface area contributed by atoms with Crippen molar-refractivity contribution in [1.29, 1.82) is 0 Å². The zero-order valence-electron chi connectivity index (χ0n) is 18.0. The van der Waals surface area contributed by atoms with Gasteiger partial charge in [0.05, 0.1) is 11.1 Å². The topological polar surface area (TPSA) is 69.6 Å². The highest BCUT2D eigenvalue weighted by Gasteiger charge is 2.61. The van der Waals surface area contributed by atoms with E-state index < -0.39 is 64.3 Å². The second-order valence-electron chi connectivity index (χ2n) is 7.86. The molecule has 0 radical (unpaired) electrons. The summed E-state index contributed by atoms with van der Waals surface area (Å²) in [7, 11) is 0. The highest BCUT2D eigenvalue weighted by atomic mass is 19.4. The van der Waals surface area contributed by atoms with Crippen LogP contribution in [0.25, 0.3) is 0 Å². The molecule has 0 aliphatic rings. The Bertz CT molecular complexity index is 1220. The van der Waals surface area contributed by atoms with Crippen molar-refractivity contribution in [2.45, 2.75) is 30.1 Å². The fourth-order valence-corrected chi connectivity index (χ4v) is 3.75. The molecule has 0 aromatic heterocycles. The van der Waals surface area contributed by atoms with Gasteiger partial charge in [0.1, 0.15) is 11.6 Å². The fraction of sp³-hybridized carbons (Fsp3) is 0.208. The van der Waals surface area contributed by atoms with Crippen LogP contribution in [0.1, 0.15) is 22.3 Å². The molecule has 0 aliphatic carbocycles. The lowest BCUT2D eigenvalue weighted by atomic mass is 9.75. The van der Waals surface area contributed by atoms with Gasteiger partial charge in [-0.1, -0.05) is 54.6 Å². The number of carbonyl (C=O) groups is 1. The van der Waals surface area contributed by atoms with Gasteiger partial charge in [-0.05, 0) is 34.9 Å². The first-order chi connectivity index (χ1) is 16.6. The summed E-state index contributed by atoms with van der Waals surface area (Å²) in [6.07, 6.45) is -12.1. The maximum Gasteiger partial charge on any atom is 0.453 e. The van der Waals surface area contributed by atoms with Crippen molar-refractivity contribution < 1.29 is 50.1 Å². The molecule has 3 aromatic rings. The maximum absolute atomic E-state index is 14.6. The van der Waals surface area contributed by atoms with E-state index in [1.54, 1.807) is 5.32 Å². The van der Waals surface area contributed by atoms with Crippen LogP contribution in [-0.2, 0) is 22.9 Å². The van der Waals surface area contributed by atoms with Crippen molar-refractivity contribution in [3.8, 4) is 0 Å². The average Bonchev–Trinajstić information content (AvgIpc) is 2.78. The van der Waals surface area contributed by atoms with E-state index in [1.165, 1.54) is 30.3 Å². The molecule has 12 heteroatoms. The molecular formula is C24H17F8NO3. The number of hydrogen-bond donors (Lipinski definition) is 3. The Balaban J connectivity index is 2.41. The molecule has 0 bridgehead atoms. The molecule has 0 heterocycles. The molecule has 0 saturated carbocycles. The Hall–Kier alpha value is -3.51. The third-order valence-corrected chi connectivity index (χ3v) is 5.44. The zero-order chi connectivity index (χ0) is 26.9. The highest BCUT2D eigenvalue weighted by Crippen LogP contribution is 2.43. The van der Waals surface area contributed by atoms with Gasteiger partial charge in [-0.25, -0.2) is 8.78 Å². The number of nitrogens with one attached hydrogen (secondary N) is 1. The third kappa shape index (κ3) is 5.19. The number of hydrogen-bond acceptors (Lipinski definition) is 3. The van der Waals surface area contributed by atoms with Gasteiger partial charge in [0.25, 0.3) is 5.91 Å². The van der Waals surface area contributed by atoms with Crippen LogP contribution < -0.4 is 5.32 Å².